The van der Waals surface area contributed by atoms with E-state index in [0.29, 0.717) is 24.9 Å². The third-order valence-corrected chi connectivity index (χ3v) is 7.04. The van der Waals surface area contributed by atoms with E-state index in [9.17, 15) is 9.59 Å². The fourth-order valence-corrected chi connectivity index (χ4v) is 5.54. The lowest BCUT2D eigenvalue weighted by atomic mass is 9.84. The lowest BCUT2D eigenvalue weighted by Crippen LogP contribution is -2.46. The molecule has 2 N–H and O–H groups in total. The van der Waals surface area contributed by atoms with Gasteiger partial charge in [0.1, 0.15) is 5.56 Å². The standard InChI is InChI=1S/C22H24N4O2S.2ClH/c27-21(24-9-3-6-20-25-17-4-1-2-5-19(17)29-20)16-7-8-18-15-10-14(11-23-12-15)13-26(18)22(16)28;;/h1-2,4-5,7-8,14-15,23H,3,6,9-13H2,(H,24,27);2*1H/t14-,15+;;/m0../s1. The highest BCUT2D eigenvalue weighted by Gasteiger charge is 2.31. The molecule has 2 atom stereocenters. The highest BCUT2D eigenvalue weighted by atomic mass is 35.5. The Balaban J connectivity index is 0.00000136. The van der Waals surface area contributed by atoms with Crippen molar-refractivity contribution in [2.45, 2.75) is 31.7 Å². The molecule has 0 spiro atoms. The van der Waals surface area contributed by atoms with Gasteiger partial charge in [-0.15, -0.1) is 36.2 Å². The van der Waals surface area contributed by atoms with Gasteiger partial charge in [-0.25, -0.2) is 4.98 Å². The molecule has 0 unspecified atom stereocenters. The molecule has 0 radical (unpaired) electrons. The minimum absolute atomic E-state index is 0. The smallest absolute Gasteiger partial charge is 0.263 e. The number of nitrogens with zero attached hydrogens (tertiary/aromatic N) is 2. The molecule has 1 amide bonds. The van der Waals surface area contributed by atoms with Crippen molar-refractivity contribution < 1.29 is 4.79 Å². The Hall–Kier alpha value is -1.93. The maximum atomic E-state index is 12.9. The van der Waals surface area contributed by atoms with Gasteiger partial charge in [0.15, 0.2) is 0 Å². The van der Waals surface area contributed by atoms with Crippen molar-refractivity contribution in [3.63, 3.8) is 0 Å². The van der Waals surface area contributed by atoms with Crippen LogP contribution in [0.5, 0.6) is 0 Å². The van der Waals surface area contributed by atoms with Crippen molar-refractivity contribution in [2.75, 3.05) is 19.6 Å². The number of fused-ring (bicyclic) bond motifs is 5. The van der Waals surface area contributed by atoms with E-state index >= 15 is 0 Å². The van der Waals surface area contributed by atoms with E-state index in [2.05, 4.69) is 21.7 Å². The first-order valence-electron chi connectivity index (χ1n) is 10.3. The molecule has 1 fully saturated rings. The Morgan fingerprint density at radius 2 is 2.03 bits per heavy atom. The van der Waals surface area contributed by atoms with Gasteiger partial charge in [0.2, 0.25) is 0 Å². The van der Waals surface area contributed by atoms with Gasteiger partial charge < -0.3 is 15.2 Å². The first-order chi connectivity index (χ1) is 14.2. The number of hydrogen-bond acceptors (Lipinski definition) is 5. The molecule has 31 heavy (non-hydrogen) atoms. The molecular weight excluding hydrogens is 455 g/mol. The molecule has 2 aromatic heterocycles. The van der Waals surface area contributed by atoms with Crippen molar-refractivity contribution in [3.05, 3.63) is 63.0 Å². The van der Waals surface area contributed by atoms with Crippen LogP contribution in [0.15, 0.2) is 41.2 Å². The van der Waals surface area contributed by atoms with Crippen LogP contribution >= 0.6 is 36.2 Å². The number of carbonyl (C=O) groups excluding carboxylic acids is 1. The monoisotopic (exact) mass is 480 g/mol. The third kappa shape index (κ3) is 4.80. The fraction of sp³-hybridized carbons (Fsp3) is 0.409. The molecule has 1 saturated heterocycles. The van der Waals surface area contributed by atoms with Crippen LogP contribution in [0.25, 0.3) is 10.2 Å². The van der Waals surface area contributed by atoms with Gasteiger partial charge in [0, 0.05) is 37.7 Å². The van der Waals surface area contributed by atoms with Gasteiger partial charge >= 0.3 is 0 Å². The number of piperidine rings is 1. The van der Waals surface area contributed by atoms with Crippen LogP contribution in [0.2, 0.25) is 0 Å². The fourth-order valence-electron chi connectivity index (χ4n) is 4.53. The van der Waals surface area contributed by atoms with Crippen molar-refractivity contribution >= 4 is 52.3 Å². The predicted molar refractivity (Wildman–Crippen MR) is 129 cm³/mol. The second kappa shape index (κ2) is 10.1. The number of halogens is 2. The van der Waals surface area contributed by atoms with E-state index in [0.717, 1.165) is 48.6 Å². The molecule has 3 aromatic rings. The van der Waals surface area contributed by atoms with E-state index in [1.165, 1.54) is 4.70 Å². The number of amides is 1. The number of hydrogen-bond donors (Lipinski definition) is 2. The lowest BCUT2D eigenvalue weighted by molar-refractivity contribution is 0.0950. The number of aryl methyl sites for hydroxylation is 1. The van der Waals surface area contributed by atoms with Gasteiger partial charge in [0.05, 0.1) is 15.2 Å². The molecule has 166 valence electrons. The van der Waals surface area contributed by atoms with E-state index in [1.807, 2.05) is 28.8 Å². The largest absolute Gasteiger partial charge is 0.352 e. The molecule has 1 aromatic carbocycles. The maximum absolute atomic E-state index is 12.9. The molecule has 2 aliphatic heterocycles. The average Bonchev–Trinajstić information content (AvgIpc) is 3.15. The van der Waals surface area contributed by atoms with Gasteiger partial charge in [0.25, 0.3) is 11.5 Å². The maximum Gasteiger partial charge on any atom is 0.263 e. The van der Waals surface area contributed by atoms with Crippen LogP contribution in [0.1, 0.15) is 39.8 Å². The van der Waals surface area contributed by atoms with Gasteiger partial charge in [-0.05, 0) is 49.6 Å². The summed E-state index contributed by atoms with van der Waals surface area (Å²) in [7, 11) is 0. The van der Waals surface area contributed by atoms with Crippen molar-refractivity contribution in [2.24, 2.45) is 5.92 Å². The summed E-state index contributed by atoms with van der Waals surface area (Å²) < 4.78 is 3.02. The van der Waals surface area contributed by atoms with Crippen LogP contribution in [-0.2, 0) is 13.0 Å². The summed E-state index contributed by atoms with van der Waals surface area (Å²) in [6.45, 7) is 3.10. The summed E-state index contributed by atoms with van der Waals surface area (Å²) in [5.41, 5.74) is 2.19. The lowest BCUT2D eigenvalue weighted by Gasteiger charge is -2.37. The van der Waals surface area contributed by atoms with E-state index in [1.54, 1.807) is 17.4 Å². The predicted octanol–water partition coefficient (Wildman–Crippen LogP) is 3.37. The molecule has 0 saturated carbocycles. The quantitative estimate of drug-likeness (QED) is 0.548. The topological polar surface area (TPSA) is 76.0 Å². The SMILES string of the molecule is Cl.Cl.O=C(NCCCc1nc2ccccc2s1)c1ccc2n(c1=O)C[C@@H]1CNC[C@H]2C1. The van der Waals surface area contributed by atoms with Crippen molar-refractivity contribution in [1.82, 2.24) is 20.2 Å². The van der Waals surface area contributed by atoms with Crippen LogP contribution in [-0.4, -0.2) is 35.1 Å². The number of rotatable bonds is 5. The summed E-state index contributed by atoms with van der Waals surface area (Å²) in [4.78, 5) is 30.1. The van der Waals surface area contributed by atoms with Crippen LogP contribution < -0.4 is 16.2 Å². The number of para-hydroxylation sites is 1. The zero-order valence-corrected chi connectivity index (χ0v) is 19.5. The molecule has 0 aliphatic carbocycles. The number of thiazole rings is 1. The van der Waals surface area contributed by atoms with Crippen LogP contribution in [0.4, 0.5) is 0 Å². The summed E-state index contributed by atoms with van der Waals surface area (Å²) in [5, 5.41) is 7.43. The number of nitrogens with one attached hydrogen (secondary N) is 2. The highest BCUT2D eigenvalue weighted by Crippen LogP contribution is 2.31. The molecule has 6 nitrogen and oxygen atoms in total. The number of carbonyl (C=O) groups is 1. The first kappa shape index (κ1) is 23.7. The summed E-state index contributed by atoms with van der Waals surface area (Å²) >= 11 is 1.70. The Labute approximate surface area is 197 Å². The van der Waals surface area contributed by atoms with Gasteiger partial charge in [-0.3, -0.25) is 9.59 Å². The molecule has 4 heterocycles. The van der Waals surface area contributed by atoms with E-state index in [-0.39, 0.29) is 41.8 Å². The van der Waals surface area contributed by atoms with E-state index < -0.39 is 0 Å². The van der Waals surface area contributed by atoms with E-state index in [4.69, 9.17) is 0 Å². The molecule has 2 aliphatic rings. The van der Waals surface area contributed by atoms with Gasteiger partial charge in [-0.2, -0.15) is 0 Å². The van der Waals surface area contributed by atoms with Crippen molar-refractivity contribution in [1.29, 1.82) is 0 Å². The van der Waals surface area contributed by atoms with Crippen LogP contribution in [0, 0.1) is 5.92 Å². The number of benzene rings is 1. The Morgan fingerprint density at radius 1 is 1.19 bits per heavy atom. The Bertz CT molecular complexity index is 1100. The Morgan fingerprint density at radius 3 is 2.87 bits per heavy atom. The zero-order chi connectivity index (χ0) is 19.8. The average molecular weight is 481 g/mol. The molecule has 5 rings (SSSR count). The highest BCUT2D eigenvalue weighted by molar-refractivity contribution is 7.18. The minimum atomic E-state index is -0.275. The second-order valence-electron chi connectivity index (χ2n) is 7.98. The van der Waals surface area contributed by atoms with Crippen LogP contribution in [0.3, 0.4) is 0 Å². The number of pyridine rings is 1. The Kier molecular flexibility index (Phi) is 7.75. The van der Waals surface area contributed by atoms with Crippen molar-refractivity contribution in [3.8, 4) is 0 Å². The first-order valence-corrected chi connectivity index (χ1v) is 11.1. The van der Waals surface area contributed by atoms with Gasteiger partial charge in [-0.1, -0.05) is 12.1 Å². The summed E-state index contributed by atoms with van der Waals surface area (Å²) in [6.07, 6.45) is 2.75. The second-order valence-corrected chi connectivity index (χ2v) is 9.09. The number of aromatic nitrogens is 2. The molecule has 9 heteroatoms. The summed E-state index contributed by atoms with van der Waals surface area (Å²) in [6, 6.07) is 11.8. The summed E-state index contributed by atoms with van der Waals surface area (Å²) in [5.74, 6) is 0.579. The zero-order valence-electron chi connectivity index (χ0n) is 17.0. The minimum Gasteiger partial charge on any atom is -0.352 e. The normalized spacial score (nSPS) is 19.1. The molecule has 2 bridgehead atoms. The third-order valence-electron chi connectivity index (χ3n) is 5.94. The molecular formula is C22H26Cl2N4O2S.